The van der Waals surface area contributed by atoms with Gasteiger partial charge in [-0.2, -0.15) is 0 Å². The van der Waals surface area contributed by atoms with Crippen molar-refractivity contribution in [2.45, 2.75) is 13.1 Å². The molecule has 0 aromatic heterocycles. The van der Waals surface area contributed by atoms with E-state index >= 15 is 0 Å². The normalized spacial score (nSPS) is 13.0. The summed E-state index contributed by atoms with van der Waals surface area (Å²) >= 11 is 0. The van der Waals surface area contributed by atoms with E-state index < -0.39 is 5.97 Å². The third-order valence-electron chi connectivity index (χ3n) is 4.90. The minimum Gasteiger partial charge on any atom is -0.497 e. The average Bonchev–Trinajstić information content (AvgIpc) is 3.01. The van der Waals surface area contributed by atoms with Crippen molar-refractivity contribution >= 4 is 22.6 Å². The highest BCUT2D eigenvalue weighted by atomic mass is 16.5. The molecule has 0 fully saturated rings. The topological polar surface area (TPSA) is 55.8 Å². The van der Waals surface area contributed by atoms with Gasteiger partial charge in [-0.15, -0.1) is 0 Å². The second kappa shape index (κ2) is 6.76. The van der Waals surface area contributed by atoms with Crippen molar-refractivity contribution in [3.63, 3.8) is 0 Å². The Kier molecular flexibility index (Phi) is 4.28. The first-order valence-corrected chi connectivity index (χ1v) is 8.67. The summed E-state index contributed by atoms with van der Waals surface area (Å²) in [6.45, 7) is 0.962. The number of esters is 1. The number of amides is 1. The minimum absolute atomic E-state index is 0.154. The molecule has 0 unspecified atom stereocenters. The van der Waals surface area contributed by atoms with Gasteiger partial charge in [-0.3, -0.25) is 4.79 Å². The molecule has 1 heterocycles. The molecule has 4 rings (SSSR count). The lowest BCUT2D eigenvalue weighted by molar-refractivity contribution is 0.0595. The summed E-state index contributed by atoms with van der Waals surface area (Å²) in [6, 6.07) is 17.3. The maximum atomic E-state index is 13.1. The number of carbonyl (C=O) groups is 2. The lowest BCUT2D eigenvalue weighted by Crippen LogP contribution is -2.24. The molecule has 3 aromatic rings. The second-order valence-electron chi connectivity index (χ2n) is 6.51. The van der Waals surface area contributed by atoms with E-state index in [2.05, 4.69) is 0 Å². The van der Waals surface area contributed by atoms with E-state index in [1.807, 2.05) is 48.5 Å². The van der Waals surface area contributed by atoms with E-state index in [-0.39, 0.29) is 5.91 Å². The standard InChI is InChI=1S/C22H19NO4/c1-26-17-9-8-15-10-16-13-23(12-14-6-4-3-5-7-14)21(24)19(16)20(18(15)11-17)22(25)27-2/h3-11H,12-13H2,1-2H3. The van der Waals surface area contributed by atoms with Gasteiger partial charge >= 0.3 is 5.97 Å². The molecule has 1 aliphatic rings. The quantitative estimate of drug-likeness (QED) is 0.664. The van der Waals surface area contributed by atoms with Crippen LogP contribution < -0.4 is 4.74 Å². The molecule has 0 atom stereocenters. The fourth-order valence-electron chi connectivity index (χ4n) is 3.61. The number of nitrogens with zero attached hydrogens (tertiary/aromatic N) is 1. The van der Waals surface area contributed by atoms with Crippen molar-refractivity contribution in [2.24, 2.45) is 0 Å². The van der Waals surface area contributed by atoms with Gasteiger partial charge < -0.3 is 14.4 Å². The second-order valence-corrected chi connectivity index (χ2v) is 6.51. The first kappa shape index (κ1) is 17.1. The number of benzene rings is 3. The van der Waals surface area contributed by atoms with E-state index in [9.17, 15) is 9.59 Å². The Morgan fingerprint density at radius 1 is 1.07 bits per heavy atom. The Balaban J connectivity index is 1.84. The molecule has 0 radical (unpaired) electrons. The SMILES string of the molecule is COC(=O)c1c2c(cc3ccc(OC)cc13)CN(Cc1ccccc1)C2=O. The van der Waals surface area contributed by atoms with Crippen molar-refractivity contribution in [1.82, 2.24) is 4.90 Å². The molecule has 0 bridgehead atoms. The molecule has 0 N–H and O–H groups in total. The molecule has 5 heteroatoms. The molecule has 5 nitrogen and oxygen atoms in total. The van der Waals surface area contributed by atoms with E-state index in [0.29, 0.717) is 35.4 Å². The fraction of sp³-hybridized carbons (Fsp3) is 0.182. The summed E-state index contributed by atoms with van der Waals surface area (Å²) in [5, 5.41) is 1.54. The number of methoxy groups -OCH3 is 2. The van der Waals surface area contributed by atoms with Crippen LogP contribution in [0.5, 0.6) is 5.75 Å². The van der Waals surface area contributed by atoms with E-state index in [1.165, 1.54) is 7.11 Å². The predicted octanol–water partition coefficient (Wildman–Crippen LogP) is 3.79. The molecule has 136 valence electrons. The van der Waals surface area contributed by atoms with Gasteiger partial charge in [0.15, 0.2) is 0 Å². The number of carbonyl (C=O) groups excluding carboxylic acids is 2. The van der Waals surface area contributed by atoms with E-state index in [4.69, 9.17) is 9.47 Å². The van der Waals surface area contributed by atoms with E-state index in [0.717, 1.165) is 16.5 Å². The molecule has 0 aliphatic carbocycles. The Morgan fingerprint density at radius 2 is 1.85 bits per heavy atom. The average molecular weight is 361 g/mol. The highest BCUT2D eigenvalue weighted by Gasteiger charge is 2.34. The van der Waals surface area contributed by atoms with Crippen LogP contribution >= 0.6 is 0 Å². The zero-order chi connectivity index (χ0) is 19.0. The van der Waals surface area contributed by atoms with Crippen LogP contribution in [0.15, 0.2) is 54.6 Å². The summed E-state index contributed by atoms with van der Waals surface area (Å²) in [6.07, 6.45) is 0. The first-order chi connectivity index (χ1) is 13.1. The summed E-state index contributed by atoms with van der Waals surface area (Å²) < 4.78 is 10.3. The van der Waals surface area contributed by atoms with Gasteiger partial charge in [-0.1, -0.05) is 36.4 Å². The zero-order valence-electron chi connectivity index (χ0n) is 15.2. The number of hydrogen-bond acceptors (Lipinski definition) is 4. The largest absolute Gasteiger partial charge is 0.497 e. The van der Waals surface area contributed by atoms with Crippen LogP contribution in [0.2, 0.25) is 0 Å². The Hall–Kier alpha value is -3.34. The minimum atomic E-state index is -0.514. The van der Waals surface area contributed by atoms with Crippen molar-refractivity contribution in [2.75, 3.05) is 14.2 Å². The van der Waals surface area contributed by atoms with Gasteiger partial charge in [0, 0.05) is 18.5 Å². The van der Waals surface area contributed by atoms with Crippen molar-refractivity contribution < 1.29 is 19.1 Å². The molecule has 1 aliphatic heterocycles. The van der Waals surface area contributed by atoms with Crippen LogP contribution in [0.4, 0.5) is 0 Å². The van der Waals surface area contributed by atoms with Gasteiger partial charge in [0.05, 0.1) is 25.3 Å². The maximum absolute atomic E-state index is 13.1. The van der Waals surface area contributed by atoms with Crippen molar-refractivity contribution in [3.05, 3.63) is 76.9 Å². The van der Waals surface area contributed by atoms with Gasteiger partial charge in [-0.05, 0) is 34.7 Å². The van der Waals surface area contributed by atoms with Crippen LogP contribution in [0, 0.1) is 0 Å². The van der Waals surface area contributed by atoms with Crippen LogP contribution in [-0.2, 0) is 17.8 Å². The molecule has 0 saturated heterocycles. The van der Waals surface area contributed by atoms with Crippen molar-refractivity contribution in [1.29, 1.82) is 0 Å². The Bertz CT molecular complexity index is 1040. The van der Waals surface area contributed by atoms with Crippen molar-refractivity contribution in [3.8, 4) is 5.75 Å². The lowest BCUT2D eigenvalue weighted by Gasteiger charge is -2.15. The summed E-state index contributed by atoms with van der Waals surface area (Å²) in [5.41, 5.74) is 2.63. The summed E-state index contributed by atoms with van der Waals surface area (Å²) in [5.74, 6) is -0.0434. The van der Waals surface area contributed by atoms with Gasteiger partial charge in [-0.25, -0.2) is 4.79 Å². The molecule has 0 spiro atoms. The van der Waals surface area contributed by atoms with Gasteiger partial charge in [0.2, 0.25) is 0 Å². The molecular formula is C22H19NO4. The zero-order valence-corrected chi connectivity index (χ0v) is 15.2. The summed E-state index contributed by atoms with van der Waals surface area (Å²) in [7, 11) is 2.90. The molecule has 27 heavy (non-hydrogen) atoms. The molecule has 0 saturated carbocycles. The molecule has 1 amide bonds. The Labute approximate surface area is 157 Å². The van der Waals surface area contributed by atoms with E-state index in [1.54, 1.807) is 18.1 Å². The van der Waals surface area contributed by atoms with Gasteiger partial charge in [0.1, 0.15) is 5.75 Å². The highest BCUT2D eigenvalue weighted by molar-refractivity contribution is 6.16. The lowest BCUT2D eigenvalue weighted by atomic mass is 9.95. The third kappa shape index (κ3) is 2.91. The number of fused-ring (bicyclic) bond motifs is 2. The summed E-state index contributed by atoms with van der Waals surface area (Å²) in [4.78, 5) is 27.4. The number of hydrogen-bond donors (Lipinski definition) is 0. The van der Waals surface area contributed by atoms with Gasteiger partial charge in [0.25, 0.3) is 5.91 Å². The number of ether oxygens (including phenoxy) is 2. The number of rotatable bonds is 4. The third-order valence-corrected chi connectivity index (χ3v) is 4.90. The van der Waals surface area contributed by atoms with Crippen LogP contribution in [-0.4, -0.2) is 31.0 Å². The maximum Gasteiger partial charge on any atom is 0.339 e. The van der Waals surface area contributed by atoms with Crippen LogP contribution in [0.3, 0.4) is 0 Å². The molecular weight excluding hydrogens is 342 g/mol. The fourth-order valence-corrected chi connectivity index (χ4v) is 3.61. The van der Waals surface area contributed by atoms with Crippen LogP contribution in [0.25, 0.3) is 10.8 Å². The first-order valence-electron chi connectivity index (χ1n) is 8.67. The monoisotopic (exact) mass is 361 g/mol. The molecule has 3 aromatic carbocycles. The van der Waals surface area contributed by atoms with Crippen LogP contribution in [0.1, 0.15) is 31.8 Å². The predicted molar refractivity (Wildman–Crippen MR) is 102 cm³/mol. The smallest absolute Gasteiger partial charge is 0.339 e. The highest BCUT2D eigenvalue weighted by Crippen LogP contribution is 2.35. The Morgan fingerprint density at radius 3 is 2.56 bits per heavy atom.